The maximum absolute atomic E-state index is 8.63. The van der Waals surface area contributed by atoms with Crippen molar-refractivity contribution in [3.63, 3.8) is 0 Å². The number of hydrogen-bond donors (Lipinski definition) is 1. The van der Waals surface area contributed by atoms with Gasteiger partial charge in [-0.05, 0) is 12.8 Å². The average Bonchev–Trinajstić information content (AvgIpc) is 1.36. The van der Waals surface area contributed by atoms with E-state index in [-0.39, 0.29) is 50.2 Å². The van der Waals surface area contributed by atoms with E-state index < -0.39 is 0 Å². The fourth-order valence-electron chi connectivity index (χ4n) is 0. The summed E-state index contributed by atoms with van der Waals surface area (Å²) in [5.74, 6) is 0.407. The molecular formula is C5H12AcO. The van der Waals surface area contributed by atoms with Gasteiger partial charge in [0.25, 0.3) is 0 Å². The molecule has 0 heterocycles. The van der Waals surface area contributed by atoms with Crippen molar-refractivity contribution >= 4 is 0 Å². The molecule has 0 aliphatic rings. The third-order valence-electron chi connectivity index (χ3n) is 0.965. The van der Waals surface area contributed by atoms with E-state index in [2.05, 4.69) is 0 Å². The summed E-state index contributed by atoms with van der Waals surface area (Å²) < 4.78 is 0. The van der Waals surface area contributed by atoms with Crippen LogP contribution >= 0.6 is 0 Å². The van der Waals surface area contributed by atoms with Gasteiger partial charge in [-0.1, -0.05) is 13.8 Å². The van der Waals surface area contributed by atoms with Crippen LogP contribution in [0.1, 0.15) is 20.8 Å². The third kappa shape index (κ3) is 7.40. The summed E-state index contributed by atoms with van der Waals surface area (Å²) in [6.45, 7) is 5.78. The van der Waals surface area contributed by atoms with Crippen LogP contribution in [-0.2, 0) is 0 Å². The molecule has 1 radical (unpaired) electrons. The molecule has 1 atom stereocenters. The summed E-state index contributed by atoms with van der Waals surface area (Å²) >= 11 is 0. The molecule has 0 aliphatic heterocycles. The van der Waals surface area contributed by atoms with Crippen molar-refractivity contribution in [3.05, 3.63) is 0 Å². The minimum atomic E-state index is -0.148. The maximum atomic E-state index is 8.63. The number of aliphatic hydroxyl groups excluding tert-OH is 1. The Kier molecular flexibility index (Phi) is 8.88. The number of aliphatic hydroxyl groups is 1. The minimum absolute atomic E-state index is 0. The molecule has 0 fully saturated rings. The van der Waals surface area contributed by atoms with Gasteiger partial charge < -0.3 is 5.11 Å². The van der Waals surface area contributed by atoms with Crippen molar-refractivity contribution in [1.82, 2.24) is 0 Å². The Morgan fingerprint density at radius 1 is 1.14 bits per heavy atom. The molecule has 0 saturated heterocycles. The van der Waals surface area contributed by atoms with Gasteiger partial charge in [-0.15, -0.1) is 0 Å². The summed E-state index contributed by atoms with van der Waals surface area (Å²) in [6, 6.07) is 0. The molecule has 0 aromatic carbocycles. The number of rotatable bonds is 1. The molecule has 0 aromatic rings. The van der Waals surface area contributed by atoms with Crippen molar-refractivity contribution in [3.8, 4) is 0 Å². The molecule has 1 unspecified atom stereocenters. The molecule has 41 valence electrons. The molecule has 0 aliphatic carbocycles. The SMILES string of the molecule is CC(C)C(C)O.[Ac]. The predicted molar refractivity (Wildman–Crippen MR) is 26.5 cm³/mol. The molecule has 0 amide bonds. The van der Waals surface area contributed by atoms with Gasteiger partial charge in [-0.25, -0.2) is 0 Å². The van der Waals surface area contributed by atoms with E-state index in [1.54, 1.807) is 6.92 Å². The predicted octanol–water partition coefficient (Wildman–Crippen LogP) is 1.02. The van der Waals surface area contributed by atoms with Crippen LogP contribution in [0.25, 0.3) is 0 Å². The van der Waals surface area contributed by atoms with Crippen molar-refractivity contribution in [2.24, 2.45) is 5.92 Å². The van der Waals surface area contributed by atoms with Crippen LogP contribution < -0.4 is 0 Å². The molecule has 0 saturated carbocycles. The van der Waals surface area contributed by atoms with E-state index in [1.807, 2.05) is 13.8 Å². The van der Waals surface area contributed by atoms with Gasteiger partial charge in [0.1, 0.15) is 0 Å². The van der Waals surface area contributed by atoms with Gasteiger partial charge in [-0.2, -0.15) is 0 Å². The Labute approximate surface area is 81.0 Å². The van der Waals surface area contributed by atoms with E-state index in [4.69, 9.17) is 5.11 Å². The quantitative estimate of drug-likeness (QED) is 0.766. The standard InChI is InChI=1S/C5H12O.Ac/c1-4(2)5(3)6;/h4-6H,1-3H3;. The Hall–Kier alpha value is 1.40. The smallest absolute Gasteiger partial charge is 0.0535 e. The molecule has 1 nitrogen and oxygen atoms in total. The monoisotopic (exact) mass is 315 g/mol. The average molecular weight is 315 g/mol. The topological polar surface area (TPSA) is 20.2 Å². The van der Waals surface area contributed by atoms with Gasteiger partial charge in [0.2, 0.25) is 0 Å². The molecule has 0 aromatic heterocycles. The molecule has 2 heteroatoms. The van der Waals surface area contributed by atoms with Crippen molar-refractivity contribution < 1.29 is 49.2 Å². The zero-order valence-electron chi connectivity index (χ0n) is 5.18. The third-order valence-corrected chi connectivity index (χ3v) is 0.965. The van der Waals surface area contributed by atoms with Crippen molar-refractivity contribution in [2.75, 3.05) is 0 Å². The van der Waals surface area contributed by atoms with Crippen LogP contribution in [0.15, 0.2) is 0 Å². The Balaban J connectivity index is 0. The van der Waals surface area contributed by atoms with Crippen molar-refractivity contribution in [2.45, 2.75) is 26.9 Å². The first kappa shape index (κ1) is 11.2. The molecule has 0 bridgehead atoms. The maximum Gasteiger partial charge on any atom is 0.0535 e. The van der Waals surface area contributed by atoms with Gasteiger partial charge in [0, 0.05) is 44.1 Å². The molecule has 7 heavy (non-hydrogen) atoms. The first-order valence-corrected chi connectivity index (χ1v) is 2.32. The first-order chi connectivity index (χ1) is 2.64. The van der Waals surface area contributed by atoms with E-state index >= 15 is 0 Å². The van der Waals surface area contributed by atoms with Crippen LogP contribution in [0.2, 0.25) is 0 Å². The second-order valence-corrected chi connectivity index (χ2v) is 1.98. The van der Waals surface area contributed by atoms with Gasteiger partial charge in [-0.3, -0.25) is 0 Å². The minimum Gasteiger partial charge on any atom is -0.393 e. The fraction of sp³-hybridized carbons (Fsp3) is 1.00. The zero-order valence-corrected chi connectivity index (χ0v) is 9.92. The molecule has 0 rings (SSSR count). The van der Waals surface area contributed by atoms with E-state index in [1.165, 1.54) is 0 Å². The Morgan fingerprint density at radius 3 is 1.29 bits per heavy atom. The normalized spacial score (nSPS) is 13.3. The molecule has 1 N–H and O–H groups in total. The summed E-state index contributed by atoms with van der Waals surface area (Å²) in [4.78, 5) is 0. The second-order valence-electron chi connectivity index (χ2n) is 1.98. The van der Waals surface area contributed by atoms with Gasteiger partial charge >= 0.3 is 0 Å². The fourth-order valence-corrected chi connectivity index (χ4v) is 0. The van der Waals surface area contributed by atoms with Crippen LogP contribution in [0.5, 0.6) is 0 Å². The summed E-state index contributed by atoms with van der Waals surface area (Å²) in [5, 5.41) is 8.63. The van der Waals surface area contributed by atoms with E-state index in [9.17, 15) is 0 Å². The Morgan fingerprint density at radius 2 is 1.29 bits per heavy atom. The molecule has 0 spiro atoms. The first-order valence-electron chi connectivity index (χ1n) is 2.32. The Bertz CT molecular complexity index is 29.1. The summed E-state index contributed by atoms with van der Waals surface area (Å²) in [7, 11) is 0. The summed E-state index contributed by atoms with van der Waals surface area (Å²) in [6.07, 6.45) is -0.148. The summed E-state index contributed by atoms with van der Waals surface area (Å²) in [5.41, 5.74) is 0. The van der Waals surface area contributed by atoms with Crippen LogP contribution in [-0.4, -0.2) is 11.2 Å². The van der Waals surface area contributed by atoms with Gasteiger partial charge in [0.05, 0.1) is 6.10 Å². The van der Waals surface area contributed by atoms with Crippen LogP contribution in [0, 0.1) is 50.0 Å². The second kappa shape index (κ2) is 5.54. The molecular weight excluding hydrogens is 303 g/mol. The van der Waals surface area contributed by atoms with Gasteiger partial charge in [0.15, 0.2) is 0 Å². The number of hydrogen-bond acceptors (Lipinski definition) is 1. The largest absolute Gasteiger partial charge is 0.393 e. The van der Waals surface area contributed by atoms with E-state index in [0.717, 1.165) is 0 Å². The van der Waals surface area contributed by atoms with Crippen LogP contribution in [0.3, 0.4) is 0 Å². The van der Waals surface area contributed by atoms with Crippen LogP contribution in [0.4, 0.5) is 0 Å². The zero-order chi connectivity index (χ0) is 5.15. The van der Waals surface area contributed by atoms with Crippen molar-refractivity contribution in [1.29, 1.82) is 0 Å². The van der Waals surface area contributed by atoms with E-state index in [0.29, 0.717) is 5.92 Å².